The summed E-state index contributed by atoms with van der Waals surface area (Å²) >= 11 is 0. The van der Waals surface area contributed by atoms with Crippen LogP contribution in [0.5, 0.6) is 5.75 Å². The smallest absolute Gasteiger partial charge is 0.204 e. The van der Waals surface area contributed by atoms with Crippen LogP contribution in [0.15, 0.2) is 36.4 Å². The summed E-state index contributed by atoms with van der Waals surface area (Å²) in [5, 5.41) is 11.3. The lowest BCUT2D eigenvalue weighted by molar-refractivity contribution is -0.0234. The molecule has 2 aromatic carbocycles. The van der Waals surface area contributed by atoms with Crippen molar-refractivity contribution in [3.63, 3.8) is 0 Å². The van der Waals surface area contributed by atoms with Crippen LogP contribution < -0.4 is 4.74 Å². The minimum absolute atomic E-state index is 0.0331. The number of hydrogen-bond acceptors (Lipinski definition) is 3. The molecular formula is C13H10O3. The molecule has 16 heavy (non-hydrogen) atoms. The zero-order valence-corrected chi connectivity index (χ0v) is 8.51. The average Bonchev–Trinajstić information content (AvgIpc) is 2.28. The number of fused-ring (bicyclic) bond motifs is 3. The summed E-state index contributed by atoms with van der Waals surface area (Å²) in [6.07, 6.45) is -0.989. The molecule has 2 aromatic rings. The molecule has 0 saturated heterocycles. The van der Waals surface area contributed by atoms with E-state index in [1.165, 1.54) is 0 Å². The van der Waals surface area contributed by atoms with Gasteiger partial charge in [-0.2, -0.15) is 0 Å². The topological polar surface area (TPSA) is 46.5 Å². The van der Waals surface area contributed by atoms with Gasteiger partial charge in [-0.25, -0.2) is 0 Å². The zero-order chi connectivity index (χ0) is 11.1. The van der Waals surface area contributed by atoms with Crippen molar-refractivity contribution >= 4 is 16.6 Å². The highest BCUT2D eigenvalue weighted by molar-refractivity contribution is 6.05. The van der Waals surface area contributed by atoms with E-state index >= 15 is 0 Å². The van der Waals surface area contributed by atoms with Crippen molar-refractivity contribution in [3.05, 3.63) is 42.0 Å². The van der Waals surface area contributed by atoms with Crippen molar-refractivity contribution in [2.75, 3.05) is 0 Å². The molecule has 80 valence electrons. The van der Waals surface area contributed by atoms with E-state index in [0.717, 1.165) is 10.8 Å². The Morgan fingerprint density at radius 3 is 2.88 bits per heavy atom. The van der Waals surface area contributed by atoms with Crippen LogP contribution in [-0.4, -0.2) is 17.2 Å². The van der Waals surface area contributed by atoms with Gasteiger partial charge in [-0.05, 0) is 11.5 Å². The summed E-state index contributed by atoms with van der Waals surface area (Å²) in [6.45, 7) is 0. The second-order valence-corrected chi connectivity index (χ2v) is 3.86. The number of aliphatic hydroxyl groups excluding tert-OH is 1. The fraction of sp³-hybridized carbons (Fsp3) is 0.154. The number of Topliss-reactive ketones (excluding diaryl/α,β-unsaturated/α-hetero) is 1. The molecule has 3 nitrogen and oxygen atoms in total. The van der Waals surface area contributed by atoms with Crippen LogP contribution in [0.1, 0.15) is 16.8 Å². The third-order valence-corrected chi connectivity index (χ3v) is 2.79. The third kappa shape index (κ3) is 1.29. The molecule has 0 spiro atoms. The van der Waals surface area contributed by atoms with Gasteiger partial charge in [0.1, 0.15) is 5.75 Å². The van der Waals surface area contributed by atoms with E-state index in [1.807, 2.05) is 30.3 Å². The Bertz CT molecular complexity index is 574. The predicted molar refractivity (Wildman–Crippen MR) is 59.5 cm³/mol. The van der Waals surface area contributed by atoms with Crippen LogP contribution in [0.4, 0.5) is 0 Å². The Labute approximate surface area is 92.3 Å². The van der Waals surface area contributed by atoms with E-state index in [9.17, 15) is 9.90 Å². The Kier molecular flexibility index (Phi) is 1.94. The fourth-order valence-corrected chi connectivity index (χ4v) is 2.04. The largest absolute Gasteiger partial charge is 0.463 e. The van der Waals surface area contributed by atoms with Crippen molar-refractivity contribution in [2.24, 2.45) is 0 Å². The van der Waals surface area contributed by atoms with Crippen molar-refractivity contribution in [3.8, 4) is 5.75 Å². The Balaban J connectivity index is 2.33. The lowest BCUT2D eigenvalue weighted by Gasteiger charge is -2.22. The quantitative estimate of drug-likeness (QED) is 0.730. The maximum Gasteiger partial charge on any atom is 0.204 e. The molecule has 1 N–H and O–H groups in total. The molecular weight excluding hydrogens is 204 g/mol. The van der Waals surface area contributed by atoms with E-state index in [1.54, 1.807) is 6.07 Å². The van der Waals surface area contributed by atoms with Crippen LogP contribution in [0.25, 0.3) is 10.8 Å². The van der Waals surface area contributed by atoms with Crippen LogP contribution >= 0.6 is 0 Å². The molecule has 0 amide bonds. The molecule has 0 radical (unpaired) electrons. The van der Waals surface area contributed by atoms with Gasteiger partial charge in [0.15, 0.2) is 5.78 Å². The second-order valence-electron chi connectivity index (χ2n) is 3.86. The molecule has 0 fully saturated rings. The maximum atomic E-state index is 11.7. The first kappa shape index (κ1) is 9.36. The number of carbonyl (C=O) groups excluding carboxylic acids is 1. The number of ketones is 1. The molecule has 1 aliphatic heterocycles. The number of rotatable bonds is 0. The third-order valence-electron chi connectivity index (χ3n) is 2.79. The number of ether oxygens (including phenoxy) is 1. The SMILES string of the molecule is O=C1CC(O)Oc2c1ccc1ccccc21. The van der Waals surface area contributed by atoms with Gasteiger partial charge < -0.3 is 9.84 Å². The molecule has 0 aliphatic carbocycles. The second kappa shape index (κ2) is 3.32. The minimum Gasteiger partial charge on any atom is -0.463 e. The molecule has 3 heteroatoms. The maximum absolute atomic E-state index is 11.7. The molecule has 1 atom stereocenters. The van der Waals surface area contributed by atoms with Crippen LogP contribution in [0.3, 0.4) is 0 Å². The molecule has 0 saturated carbocycles. The number of aliphatic hydroxyl groups is 1. The average molecular weight is 214 g/mol. The normalized spacial score (nSPS) is 19.3. The van der Waals surface area contributed by atoms with E-state index in [0.29, 0.717) is 11.3 Å². The molecule has 0 bridgehead atoms. The number of hydrogen-bond donors (Lipinski definition) is 1. The van der Waals surface area contributed by atoms with Gasteiger partial charge in [0.05, 0.1) is 12.0 Å². The van der Waals surface area contributed by atoms with E-state index < -0.39 is 6.29 Å². The lowest BCUT2D eigenvalue weighted by Crippen LogP contribution is -2.26. The minimum atomic E-state index is -1.02. The number of benzene rings is 2. The highest BCUT2D eigenvalue weighted by Crippen LogP contribution is 2.34. The van der Waals surface area contributed by atoms with Gasteiger partial charge in [-0.3, -0.25) is 4.79 Å². The monoisotopic (exact) mass is 214 g/mol. The summed E-state index contributed by atoms with van der Waals surface area (Å²) in [6, 6.07) is 11.3. The van der Waals surface area contributed by atoms with Gasteiger partial charge in [0.2, 0.25) is 6.29 Å². The van der Waals surface area contributed by atoms with E-state index in [2.05, 4.69) is 0 Å². The van der Waals surface area contributed by atoms with Crippen LogP contribution in [0.2, 0.25) is 0 Å². The first-order chi connectivity index (χ1) is 7.75. The molecule has 1 heterocycles. The molecule has 0 aromatic heterocycles. The van der Waals surface area contributed by atoms with Gasteiger partial charge in [0.25, 0.3) is 0 Å². The van der Waals surface area contributed by atoms with Crippen molar-refractivity contribution in [1.82, 2.24) is 0 Å². The summed E-state index contributed by atoms with van der Waals surface area (Å²) in [4.78, 5) is 11.7. The summed E-state index contributed by atoms with van der Waals surface area (Å²) in [7, 11) is 0. The fourth-order valence-electron chi connectivity index (χ4n) is 2.04. The summed E-state index contributed by atoms with van der Waals surface area (Å²) in [5.74, 6) is 0.432. The van der Waals surface area contributed by atoms with E-state index in [-0.39, 0.29) is 12.2 Å². The first-order valence-corrected chi connectivity index (χ1v) is 5.15. The molecule has 3 rings (SSSR count). The Morgan fingerprint density at radius 2 is 2.00 bits per heavy atom. The van der Waals surface area contributed by atoms with Crippen molar-refractivity contribution in [2.45, 2.75) is 12.7 Å². The lowest BCUT2D eigenvalue weighted by atomic mass is 9.99. The Hall–Kier alpha value is -1.87. The highest BCUT2D eigenvalue weighted by Gasteiger charge is 2.26. The van der Waals surface area contributed by atoms with E-state index in [4.69, 9.17) is 4.74 Å². The van der Waals surface area contributed by atoms with Gasteiger partial charge in [-0.15, -0.1) is 0 Å². The molecule has 1 unspecified atom stereocenters. The highest BCUT2D eigenvalue weighted by atomic mass is 16.6. The Morgan fingerprint density at radius 1 is 1.19 bits per heavy atom. The summed E-state index contributed by atoms with van der Waals surface area (Å²) < 4.78 is 5.35. The summed E-state index contributed by atoms with van der Waals surface area (Å²) in [5.41, 5.74) is 0.559. The zero-order valence-electron chi connectivity index (χ0n) is 8.51. The first-order valence-electron chi connectivity index (χ1n) is 5.15. The molecule has 1 aliphatic rings. The van der Waals surface area contributed by atoms with Crippen molar-refractivity contribution in [1.29, 1.82) is 0 Å². The standard InChI is InChI=1S/C13H10O3/c14-11-7-12(15)16-13-9-4-2-1-3-8(9)5-6-10(11)13/h1-6,12,15H,7H2. The van der Waals surface area contributed by atoms with Gasteiger partial charge >= 0.3 is 0 Å². The van der Waals surface area contributed by atoms with Gasteiger partial charge in [0, 0.05) is 5.39 Å². The van der Waals surface area contributed by atoms with Crippen LogP contribution in [-0.2, 0) is 0 Å². The van der Waals surface area contributed by atoms with Gasteiger partial charge in [-0.1, -0.05) is 30.3 Å². The van der Waals surface area contributed by atoms with Crippen molar-refractivity contribution < 1.29 is 14.6 Å². The predicted octanol–water partition coefficient (Wildman–Crippen LogP) is 2.12. The number of carbonyl (C=O) groups is 1. The van der Waals surface area contributed by atoms with Crippen LogP contribution in [0, 0.1) is 0 Å².